The average molecular weight is 182 g/mol. The second kappa shape index (κ2) is 3.09. The summed E-state index contributed by atoms with van der Waals surface area (Å²) in [7, 11) is 0. The molecule has 2 rings (SSSR count). The third kappa shape index (κ3) is 1.52. The van der Waals surface area contributed by atoms with Gasteiger partial charge in [-0.3, -0.25) is 0 Å². The van der Waals surface area contributed by atoms with E-state index in [0.29, 0.717) is 5.92 Å². The van der Waals surface area contributed by atoms with Crippen molar-refractivity contribution in [3.8, 4) is 0 Å². The minimum Gasteiger partial charge on any atom is -0.365 e. The van der Waals surface area contributed by atoms with E-state index in [1.807, 2.05) is 13.8 Å². The number of hydrogen-bond donors (Lipinski definition) is 0. The molecule has 3 atom stereocenters. The number of rotatable bonds is 3. The van der Waals surface area contributed by atoms with Gasteiger partial charge < -0.3 is 9.53 Å². The lowest BCUT2D eigenvalue weighted by Crippen LogP contribution is -2.41. The zero-order valence-corrected chi connectivity index (χ0v) is 8.45. The zero-order chi connectivity index (χ0) is 9.47. The van der Waals surface area contributed by atoms with Crippen LogP contribution >= 0.6 is 0 Å². The first kappa shape index (κ1) is 9.20. The van der Waals surface area contributed by atoms with Crippen molar-refractivity contribution in [2.45, 2.75) is 51.2 Å². The van der Waals surface area contributed by atoms with Crippen LogP contribution in [0.2, 0.25) is 0 Å². The van der Waals surface area contributed by atoms with Crippen LogP contribution in [0.3, 0.4) is 0 Å². The molecule has 2 aliphatic carbocycles. The van der Waals surface area contributed by atoms with Crippen molar-refractivity contribution in [1.82, 2.24) is 0 Å². The second-order valence-electron chi connectivity index (χ2n) is 4.73. The summed E-state index contributed by atoms with van der Waals surface area (Å²) in [6.45, 7) is 4.02. The van der Waals surface area contributed by atoms with Crippen LogP contribution in [0.4, 0.5) is 0 Å². The molecule has 0 spiro atoms. The summed E-state index contributed by atoms with van der Waals surface area (Å²) < 4.78 is 5.81. The molecule has 0 heterocycles. The quantitative estimate of drug-likeness (QED) is 0.625. The SMILES string of the molecule is CC(C)OC1(C=O)CCCC2CC21. The normalized spacial score (nSPS) is 43.0. The Morgan fingerprint density at radius 1 is 1.54 bits per heavy atom. The van der Waals surface area contributed by atoms with Gasteiger partial charge in [-0.1, -0.05) is 0 Å². The van der Waals surface area contributed by atoms with E-state index >= 15 is 0 Å². The van der Waals surface area contributed by atoms with Crippen LogP contribution in [-0.4, -0.2) is 18.0 Å². The first-order valence-electron chi connectivity index (χ1n) is 5.32. The Labute approximate surface area is 79.7 Å². The van der Waals surface area contributed by atoms with Crippen molar-refractivity contribution in [2.75, 3.05) is 0 Å². The van der Waals surface area contributed by atoms with E-state index in [0.717, 1.165) is 25.0 Å². The van der Waals surface area contributed by atoms with Gasteiger partial charge in [-0.05, 0) is 51.4 Å². The molecule has 0 aliphatic heterocycles. The molecule has 0 aromatic carbocycles. The number of hydrogen-bond acceptors (Lipinski definition) is 2. The van der Waals surface area contributed by atoms with E-state index < -0.39 is 5.60 Å². The van der Waals surface area contributed by atoms with Crippen LogP contribution in [0.5, 0.6) is 0 Å². The second-order valence-corrected chi connectivity index (χ2v) is 4.73. The van der Waals surface area contributed by atoms with Gasteiger partial charge in [-0.25, -0.2) is 0 Å². The fourth-order valence-corrected chi connectivity index (χ4v) is 2.75. The molecular weight excluding hydrogens is 164 g/mol. The number of aldehydes is 1. The highest BCUT2D eigenvalue weighted by atomic mass is 16.5. The van der Waals surface area contributed by atoms with Gasteiger partial charge >= 0.3 is 0 Å². The highest BCUT2D eigenvalue weighted by Crippen LogP contribution is 2.55. The summed E-state index contributed by atoms with van der Waals surface area (Å²) in [5.41, 5.74) is -0.406. The Balaban J connectivity index is 2.09. The average Bonchev–Trinajstić information content (AvgIpc) is 2.83. The van der Waals surface area contributed by atoms with Crippen LogP contribution in [0.25, 0.3) is 0 Å². The standard InChI is InChI=1S/C11H18O2/c1-8(2)13-11(7-12)5-3-4-9-6-10(9)11/h7-10H,3-6H2,1-2H3. The minimum atomic E-state index is -0.406. The predicted octanol–water partition coefficient (Wildman–Crippen LogP) is 2.17. The molecule has 74 valence electrons. The Hall–Kier alpha value is -0.370. The van der Waals surface area contributed by atoms with Gasteiger partial charge in [-0.15, -0.1) is 0 Å². The van der Waals surface area contributed by atoms with Gasteiger partial charge in [0.15, 0.2) is 6.29 Å². The Bertz CT molecular complexity index is 212. The van der Waals surface area contributed by atoms with Crippen LogP contribution < -0.4 is 0 Å². The fourth-order valence-electron chi connectivity index (χ4n) is 2.75. The first-order valence-corrected chi connectivity index (χ1v) is 5.32. The largest absolute Gasteiger partial charge is 0.365 e. The molecule has 2 aliphatic rings. The molecular formula is C11H18O2. The molecule has 0 amide bonds. The number of carbonyl (C=O) groups excluding carboxylic acids is 1. The maximum atomic E-state index is 11.1. The lowest BCUT2D eigenvalue weighted by atomic mass is 9.85. The van der Waals surface area contributed by atoms with E-state index in [2.05, 4.69) is 0 Å². The topological polar surface area (TPSA) is 26.3 Å². The summed E-state index contributed by atoms with van der Waals surface area (Å²) in [4.78, 5) is 11.1. The number of ether oxygens (including phenoxy) is 1. The Morgan fingerprint density at radius 2 is 2.31 bits per heavy atom. The van der Waals surface area contributed by atoms with Crippen LogP contribution in [0.15, 0.2) is 0 Å². The molecule has 0 aromatic heterocycles. The van der Waals surface area contributed by atoms with Crippen LogP contribution in [0.1, 0.15) is 39.5 Å². The molecule has 2 saturated carbocycles. The predicted molar refractivity (Wildman–Crippen MR) is 50.5 cm³/mol. The van der Waals surface area contributed by atoms with E-state index in [1.165, 1.54) is 12.8 Å². The van der Waals surface area contributed by atoms with E-state index in [-0.39, 0.29) is 6.10 Å². The fraction of sp³-hybridized carbons (Fsp3) is 0.909. The number of fused-ring (bicyclic) bond motifs is 1. The van der Waals surface area contributed by atoms with E-state index in [9.17, 15) is 4.79 Å². The number of carbonyl (C=O) groups is 1. The van der Waals surface area contributed by atoms with E-state index in [4.69, 9.17) is 4.74 Å². The molecule has 0 bridgehead atoms. The lowest BCUT2D eigenvalue weighted by Gasteiger charge is -2.33. The minimum absolute atomic E-state index is 0.171. The summed E-state index contributed by atoms with van der Waals surface area (Å²) in [5, 5.41) is 0. The Morgan fingerprint density at radius 3 is 2.92 bits per heavy atom. The van der Waals surface area contributed by atoms with Crippen molar-refractivity contribution in [2.24, 2.45) is 11.8 Å². The molecule has 0 N–H and O–H groups in total. The summed E-state index contributed by atoms with van der Waals surface area (Å²) >= 11 is 0. The van der Waals surface area contributed by atoms with Gasteiger partial charge in [0.25, 0.3) is 0 Å². The third-order valence-electron chi connectivity index (χ3n) is 3.35. The first-order chi connectivity index (χ1) is 6.18. The van der Waals surface area contributed by atoms with E-state index in [1.54, 1.807) is 0 Å². The van der Waals surface area contributed by atoms with Crippen molar-refractivity contribution >= 4 is 6.29 Å². The summed E-state index contributed by atoms with van der Waals surface area (Å²) in [6.07, 6.45) is 5.86. The summed E-state index contributed by atoms with van der Waals surface area (Å²) in [5.74, 6) is 1.33. The molecule has 2 heteroatoms. The molecule has 3 unspecified atom stereocenters. The van der Waals surface area contributed by atoms with Crippen molar-refractivity contribution in [3.63, 3.8) is 0 Å². The van der Waals surface area contributed by atoms with Crippen molar-refractivity contribution in [1.29, 1.82) is 0 Å². The smallest absolute Gasteiger partial charge is 0.152 e. The van der Waals surface area contributed by atoms with Gasteiger partial charge in [-0.2, -0.15) is 0 Å². The van der Waals surface area contributed by atoms with Crippen molar-refractivity contribution in [3.05, 3.63) is 0 Å². The molecule has 13 heavy (non-hydrogen) atoms. The zero-order valence-electron chi connectivity index (χ0n) is 8.45. The molecule has 2 nitrogen and oxygen atoms in total. The highest BCUT2D eigenvalue weighted by Gasteiger charge is 2.56. The monoisotopic (exact) mass is 182 g/mol. The van der Waals surface area contributed by atoms with Crippen LogP contribution in [0, 0.1) is 11.8 Å². The van der Waals surface area contributed by atoms with Gasteiger partial charge in [0.05, 0.1) is 6.10 Å². The maximum Gasteiger partial charge on any atom is 0.152 e. The summed E-state index contributed by atoms with van der Waals surface area (Å²) in [6, 6.07) is 0. The molecule has 0 aromatic rings. The maximum absolute atomic E-state index is 11.1. The molecule has 2 fully saturated rings. The Kier molecular flexibility index (Phi) is 2.18. The van der Waals surface area contributed by atoms with Crippen LogP contribution in [-0.2, 0) is 9.53 Å². The molecule has 0 saturated heterocycles. The van der Waals surface area contributed by atoms with Gasteiger partial charge in [0.2, 0.25) is 0 Å². The lowest BCUT2D eigenvalue weighted by molar-refractivity contribution is -0.146. The third-order valence-corrected chi connectivity index (χ3v) is 3.35. The van der Waals surface area contributed by atoms with Gasteiger partial charge in [0.1, 0.15) is 5.60 Å². The van der Waals surface area contributed by atoms with Crippen molar-refractivity contribution < 1.29 is 9.53 Å². The highest BCUT2D eigenvalue weighted by molar-refractivity contribution is 5.64. The molecule has 0 radical (unpaired) electrons. The van der Waals surface area contributed by atoms with Gasteiger partial charge in [0, 0.05) is 0 Å².